The van der Waals surface area contributed by atoms with Crippen molar-refractivity contribution in [2.24, 2.45) is 11.8 Å². The lowest BCUT2D eigenvalue weighted by atomic mass is 9.85. The van der Waals surface area contributed by atoms with Gasteiger partial charge in [0.05, 0.1) is 5.02 Å². The molecule has 2 rings (SSSR count). The van der Waals surface area contributed by atoms with Crippen LogP contribution < -0.4 is 5.32 Å². The number of hydrogen-bond acceptors (Lipinski definition) is 2. The SMILES string of the molecule is CC(C)NCC(Cc1ccncc1Cl)C1CCCC1. The van der Waals surface area contributed by atoms with E-state index in [0.29, 0.717) is 12.0 Å². The normalized spacial score (nSPS) is 18.1. The summed E-state index contributed by atoms with van der Waals surface area (Å²) in [6.07, 6.45) is 10.2. The maximum Gasteiger partial charge on any atom is 0.0621 e. The summed E-state index contributed by atoms with van der Waals surface area (Å²) in [6, 6.07) is 2.62. The average Bonchev–Trinajstić information content (AvgIpc) is 2.90. The summed E-state index contributed by atoms with van der Waals surface area (Å²) >= 11 is 6.25. The molecule has 1 heterocycles. The third-order valence-corrected chi connectivity index (χ3v) is 4.53. The number of aromatic nitrogens is 1. The van der Waals surface area contributed by atoms with E-state index in [0.717, 1.165) is 23.9 Å². The van der Waals surface area contributed by atoms with Gasteiger partial charge in [0, 0.05) is 18.4 Å². The second kappa shape index (κ2) is 7.25. The Balaban J connectivity index is 2.02. The fourth-order valence-electron chi connectivity index (χ4n) is 3.07. The summed E-state index contributed by atoms with van der Waals surface area (Å²) in [6.45, 7) is 5.53. The molecule has 19 heavy (non-hydrogen) atoms. The number of nitrogens with zero attached hydrogens (tertiary/aromatic N) is 1. The van der Waals surface area contributed by atoms with Crippen LogP contribution in [0.4, 0.5) is 0 Å². The molecule has 1 aliphatic carbocycles. The van der Waals surface area contributed by atoms with E-state index in [9.17, 15) is 0 Å². The van der Waals surface area contributed by atoms with E-state index in [2.05, 4.69) is 30.2 Å². The van der Waals surface area contributed by atoms with E-state index in [1.807, 2.05) is 6.20 Å². The van der Waals surface area contributed by atoms with Crippen LogP contribution >= 0.6 is 11.6 Å². The molecule has 0 bridgehead atoms. The van der Waals surface area contributed by atoms with Crippen molar-refractivity contribution in [2.45, 2.75) is 52.0 Å². The van der Waals surface area contributed by atoms with Crippen LogP contribution in [0.15, 0.2) is 18.5 Å². The van der Waals surface area contributed by atoms with Crippen molar-refractivity contribution in [2.75, 3.05) is 6.54 Å². The highest BCUT2D eigenvalue weighted by molar-refractivity contribution is 6.31. The van der Waals surface area contributed by atoms with Crippen molar-refractivity contribution < 1.29 is 0 Å². The van der Waals surface area contributed by atoms with Crippen molar-refractivity contribution in [3.8, 4) is 0 Å². The van der Waals surface area contributed by atoms with Crippen molar-refractivity contribution in [3.05, 3.63) is 29.0 Å². The molecule has 1 atom stereocenters. The fraction of sp³-hybridized carbons (Fsp3) is 0.688. The van der Waals surface area contributed by atoms with Crippen LogP contribution in [-0.4, -0.2) is 17.6 Å². The van der Waals surface area contributed by atoms with Crippen LogP contribution in [0.2, 0.25) is 5.02 Å². The standard InChI is InChI=1S/C16H25ClN2/c1-12(2)19-10-15(13-5-3-4-6-13)9-14-7-8-18-11-16(14)17/h7-8,11-13,15,19H,3-6,9-10H2,1-2H3. The molecule has 1 saturated carbocycles. The summed E-state index contributed by atoms with van der Waals surface area (Å²) in [5, 5.41) is 4.42. The first-order valence-electron chi connectivity index (χ1n) is 7.48. The Morgan fingerprint density at radius 1 is 1.37 bits per heavy atom. The van der Waals surface area contributed by atoms with Gasteiger partial charge in [-0.3, -0.25) is 4.98 Å². The Morgan fingerprint density at radius 2 is 2.11 bits per heavy atom. The van der Waals surface area contributed by atoms with E-state index in [4.69, 9.17) is 11.6 Å². The van der Waals surface area contributed by atoms with Crippen LogP contribution in [0.3, 0.4) is 0 Å². The summed E-state index contributed by atoms with van der Waals surface area (Å²) in [7, 11) is 0. The molecule has 0 saturated heterocycles. The predicted octanol–water partition coefficient (Wildman–Crippen LogP) is 4.08. The van der Waals surface area contributed by atoms with Crippen LogP contribution in [0.25, 0.3) is 0 Å². The van der Waals surface area contributed by atoms with Gasteiger partial charge in [-0.05, 0) is 36.4 Å². The molecule has 1 fully saturated rings. The van der Waals surface area contributed by atoms with E-state index >= 15 is 0 Å². The first-order chi connectivity index (χ1) is 9.16. The van der Waals surface area contributed by atoms with E-state index in [1.54, 1.807) is 6.20 Å². The molecule has 106 valence electrons. The van der Waals surface area contributed by atoms with E-state index in [-0.39, 0.29) is 0 Å². The van der Waals surface area contributed by atoms with E-state index in [1.165, 1.54) is 31.2 Å². The molecule has 0 aliphatic heterocycles. The second-order valence-corrected chi connectivity index (χ2v) is 6.45. The molecule has 0 radical (unpaired) electrons. The van der Waals surface area contributed by atoms with Crippen LogP contribution in [-0.2, 0) is 6.42 Å². The minimum Gasteiger partial charge on any atom is -0.314 e. The number of rotatable bonds is 6. The third kappa shape index (κ3) is 4.47. The summed E-state index contributed by atoms with van der Waals surface area (Å²) < 4.78 is 0. The maximum atomic E-state index is 6.25. The highest BCUT2D eigenvalue weighted by Crippen LogP contribution is 2.34. The predicted molar refractivity (Wildman–Crippen MR) is 81.5 cm³/mol. The van der Waals surface area contributed by atoms with Crippen LogP contribution in [0.5, 0.6) is 0 Å². The molecule has 0 aromatic carbocycles. The second-order valence-electron chi connectivity index (χ2n) is 6.04. The molecular weight excluding hydrogens is 256 g/mol. The molecule has 1 unspecified atom stereocenters. The molecule has 0 spiro atoms. The van der Waals surface area contributed by atoms with Gasteiger partial charge in [0.15, 0.2) is 0 Å². The zero-order valence-electron chi connectivity index (χ0n) is 12.0. The lowest BCUT2D eigenvalue weighted by Gasteiger charge is -2.25. The highest BCUT2D eigenvalue weighted by Gasteiger charge is 2.25. The molecule has 3 heteroatoms. The smallest absolute Gasteiger partial charge is 0.0621 e. The van der Waals surface area contributed by atoms with Crippen molar-refractivity contribution in [1.82, 2.24) is 10.3 Å². The summed E-state index contributed by atoms with van der Waals surface area (Å²) in [4.78, 5) is 4.08. The lowest BCUT2D eigenvalue weighted by molar-refractivity contribution is 0.313. The molecule has 1 aromatic rings. The summed E-state index contributed by atoms with van der Waals surface area (Å²) in [5.41, 5.74) is 1.25. The Hall–Kier alpha value is -0.600. The van der Waals surface area contributed by atoms with Crippen molar-refractivity contribution in [3.63, 3.8) is 0 Å². The van der Waals surface area contributed by atoms with Gasteiger partial charge in [-0.25, -0.2) is 0 Å². The largest absolute Gasteiger partial charge is 0.314 e. The van der Waals surface area contributed by atoms with Gasteiger partial charge in [-0.2, -0.15) is 0 Å². The van der Waals surface area contributed by atoms with Gasteiger partial charge < -0.3 is 5.32 Å². The molecule has 1 N–H and O–H groups in total. The van der Waals surface area contributed by atoms with Gasteiger partial charge in [-0.1, -0.05) is 51.1 Å². The van der Waals surface area contributed by atoms with Gasteiger partial charge in [0.1, 0.15) is 0 Å². The van der Waals surface area contributed by atoms with Gasteiger partial charge in [0.25, 0.3) is 0 Å². The van der Waals surface area contributed by atoms with Gasteiger partial charge >= 0.3 is 0 Å². The molecule has 1 aromatic heterocycles. The van der Waals surface area contributed by atoms with Gasteiger partial charge in [-0.15, -0.1) is 0 Å². The minimum absolute atomic E-state index is 0.553. The zero-order valence-corrected chi connectivity index (χ0v) is 12.8. The maximum absolute atomic E-state index is 6.25. The van der Waals surface area contributed by atoms with Gasteiger partial charge in [0.2, 0.25) is 0 Å². The lowest BCUT2D eigenvalue weighted by Crippen LogP contribution is -2.33. The topological polar surface area (TPSA) is 24.9 Å². The first kappa shape index (κ1) is 14.8. The number of halogens is 1. The Kier molecular flexibility index (Phi) is 5.65. The molecule has 2 nitrogen and oxygen atoms in total. The third-order valence-electron chi connectivity index (χ3n) is 4.19. The monoisotopic (exact) mass is 280 g/mol. The zero-order chi connectivity index (χ0) is 13.7. The Bertz CT molecular complexity index is 386. The molecule has 1 aliphatic rings. The Morgan fingerprint density at radius 3 is 2.74 bits per heavy atom. The van der Waals surface area contributed by atoms with Crippen LogP contribution in [0, 0.1) is 11.8 Å². The fourth-order valence-corrected chi connectivity index (χ4v) is 3.27. The number of hydrogen-bond donors (Lipinski definition) is 1. The van der Waals surface area contributed by atoms with Crippen LogP contribution in [0.1, 0.15) is 45.1 Å². The number of pyridine rings is 1. The average molecular weight is 281 g/mol. The molecular formula is C16H25ClN2. The van der Waals surface area contributed by atoms with Crippen molar-refractivity contribution in [1.29, 1.82) is 0 Å². The Labute approximate surface area is 122 Å². The van der Waals surface area contributed by atoms with E-state index < -0.39 is 0 Å². The summed E-state index contributed by atoms with van der Waals surface area (Å²) in [5.74, 6) is 1.56. The number of nitrogens with one attached hydrogen (secondary N) is 1. The first-order valence-corrected chi connectivity index (χ1v) is 7.86. The molecule has 0 amide bonds. The quantitative estimate of drug-likeness (QED) is 0.849. The highest BCUT2D eigenvalue weighted by atomic mass is 35.5. The minimum atomic E-state index is 0.553. The van der Waals surface area contributed by atoms with Crippen molar-refractivity contribution >= 4 is 11.6 Å².